The number of rotatable bonds is 4. The lowest BCUT2D eigenvalue weighted by Gasteiger charge is -2.09. The first-order chi connectivity index (χ1) is 8.72. The maximum atomic E-state index is 5.83. The topological polar surface area (TPSA) is 18.5 Å². The number of aryl methyl sites for hydroxylation is 1. The zero-order chi connectivity index (χ0) is 13.0. The van der Waals surface area contributed by atoms with Crippen molar-refractivity contribution in [3.63, 3.8) is 0 Å². The van der Waals surface area contributed by atoms with Crippen LogP contribution >= 0.6 is 11.6 Å². The zero-order valence-corrected chi connectivity index (χ0v) is 11.2. The Hall–Kier alpha value is -1.67. The molecule has 0 aliphatic rings. The van der Waals surface area contributed by atoms with Crippen LogP contribution in [0.3, 0.4) is 0 Å². The Kier molecular flexibility index (Phi) is 4.11. The highest BCUT2D eigenvalue weighted by Gasteiger charge is 2.02. The van der Waals surface area contributed by atoms with Crippen LogP contribution in [0, 0.1) is 6.92 Å². The third-order valence-electron chi connectivity index (χ3n) is 2.73. The van der Waals surface area contributed by atoms with Gasteiger partial charge in [0.25, 0.3) is 0 Å². The largest absolute Gasteiger partial charge is 0.497 e. The summed E-state index contributed by atoms with van der Waals surface area (Å²) in [6.45, 7) is 2.02. The van der Waals surface area contributed by atoms with E-state index in [-0.39, 0.29) is 0 Å². The SMILES string of the molecule is COc1cccc(Oc2ccc(CCl)c(C)c2)c1. The zero-order valence-electron chi connectivity index (χ0n) is 10.4. The van der Waals surface area contributed by atoms with Crippen molar-refractivity contribution in [2.75, 3.05) is 7.11 Å². The molecule has 2 aromatic rings. The molecule has 0 saturated carbocycles. The quantitative estimate of drug-likeness (QED) is 0.754. The van der Waals surface area contributed by atoms with Crippen LogP contribution in [0.2, 0.25) is 0 Å². The highest BCUT2D eigenvalue weighted by molar-refractivity contribution is 6.17. The average molecular weight is 263 g/mol. The molecule has 94 valence electrons. The Labute approximate surface area is 112 Å². The summed E-state index contributed by atoms with van der Waals surface area (Å²) in [6, 6.07) is 13.4. The van der Waals surface area contributed by atoms with Gasteiger partial charge in [0.1, 0.15) is 17.2 Å². The van der Waals surface area contributed by atoms with Gasteiger partial charge in [-0.2, -0.15) is 0 Å². The molecule has 0 aromatic heterocycles. The minimum atomic E-state index is 0.519. The maximum Gasteiger partial charge on any atom is 0.131 e. The second-order valence-electron chi connectivity index (χ2n) is 4.00. The molecular formula is C15H15ClO2. The molecular weight excluding hydrogens is 248 g/mol. The van der Waals surface area contributed by atoms with E-state index < -0.39 is 0 Å². The van der Waals surface area contributed by atoms with Crippen molar-refractivity contribution in [3.8, 4) is 17.2 Å². The van der Waals surface area contributed by atoms with Crippen molar-refractivity contribution >= 4 is 11.6 Å². The summed E-state index contributed by atoms with van der Waals surface area (Å²) in [5, 5.41) is 0. The van der Waals surface area contributed by atoms with Gasteiger partial charge in [0, 0.05) is 11.9 Å². The first kappa shape index (κ1) is 12.8. The molecule has 0 amide bonds. The summed E-state index contributed by atoms with van der Waals surface area (Å²) in [5.74, 6) is 2.86. The van der Waals surface area contributed by atoms with Gasteiger partial charge in [-0.05, 0) is 42.3 Å². The monoisotopic (exact) mass is 262 g/mol. The molecule has 0 aliphatic heterocycles. The molecule has 0 bridgehead atoms. The van der Waals surface area contributed by atoms with Gasteiger partial charge in [0.2, 0.25) is 0 Å². The van der Waals surface area contributed by atoms with Gasteiger partial charge in [0.15, 0.2) is 0 Å². The van der Waals surface area contributed by atoms with Gasteiger partial charge in [-0.25, -0.2) is 0 Å². The van der Waals surface area contributed by atoms with Crippen LogP contribution in [0.1, 0.15) is 11.1 Å². The van der Waals surface area contributed by atoms with Crippen LogP contribution in [-0.4, -0.2) is 7.11 Å². The smallest absolute Gasteiger partial charge is 0.131 e. The highest BCUT2D eigenvalue weighted by Crippen LogP contribution is 2.26. The fourth-order valence-electron chi connectivity index (χ4n) is 1.68. The molecule has 0 aliphatic carbocycles. The molecule has 0 radical (unpaired) electrons. The summed E-state index contributed by atoms with van der Waals surface area (Å²) in [7, 11) is 1.64. The number of ether oxygens (including phenoxy) is 2. The lowest BCUT2D eigenvalue weighted by Crippen LogP contribution is -1.89. The van der Waals surface area contributed by atoms with Crippen molar-refractivity contribution in [2.24, 2.45) is 0 Å². The molecule has 0 spiro atoms. The van der Waals surface area contributed by atoms with Crippen LogP contribution in [0.4, 0.5) is 0 Å². The Morgan fingerprint density at radius 1 is 1.00 bits per heavy atom. The van der Waals surface area contributed by atoms with Gasteiger partial charge < -0.3 is 9.47 Å². The van der Waals surface area contributed by atoms with E-state index in [0.29, 0.717) is 5.88 Å². The normalized spacial score (nSPS) is 10.2. The van der Waals surface area contributed by atoms with Crippen molar-refractivity contribution < 1.29 is 9.47 Å². The fourth-order valence-corrected chi connectivity index (χ4v) is 1.98. The number of hydrogen-bond donors (Lipinski definition) is 0. The van der Waals surface area contributed by atoms with Crippen LogP contribution in [0.15, 0.2) is 42.5 Å². The molecule has 3 heteroatoms. The molecule has 2 rings (SSSR count). The lowest BCUT2D eigenvalue weighted by molar-refractivity contribution is 0.409. The predicted octanol–water partition coefficient (Wildman–Crippen LogP) is 4.53. The molecule has 0 fully saturated rings. The van der Waals surface area contributed by atoms with Crippen molar-refractivity contribution in [1.82, 2.24) is 0 Å². The molecule has 2 aromatic carbocycles. The highest BCUT2D eigenvalue weighted by atomic mass is 35.5. The van der Waals surface area contributed by atoms with E-state index in [9.17, 15) is 0 Å². The van der Waals surface area contributed by atoms with Crippen LogP contribution in [-0.2, 0) is 5.88 Å². The molecule has 0 unspecified atom stereocenters. The number of benzene rings is 2. The van der Waals surface area contributed by atoms with E-state index in [1.54, 1.807) is 7.11 Å². The Morgan fingerprint density at radius 3 is 2.39 bits per heavy atom. The number of hydrogen-bond acceptors (Lipinski definition) is 2. The minimum Gasteiger partial charge on any atom is -0.497 e. The first-order valence-electron chi connectivity index (χ1n) is 5.70. The second kappa shape index (κ2) is 5.78. The van der Waals surface area contributed by atoms with E-state index in [1.165, 1.54) is 0 Å². The standard InChI is InChI=1S/C15H15ClO2/c1-11-8-15(7-6-12(11)10-16)18-14-5-3-4-13(9-14)17-2/h3-9H,10H2,1-2H3. The third kappa shape index (κ3) is 2.96. The van der Waals surface area contributed by atoms with Crippen molar-refractivity contribution in [3.05, 3.63) is 53.6 Å². The Bertz CT molecular complexity index is 538. The minimum absolute atomic E-state index is 0.519. The summed E-state index contributed by atoms with van der Waals surface area (Å²) in [4.78, 5) is 0. The van der Waals surface area contributed by atoms with Crippen LogP contribution in [0.5, 0.6) is 17.2 Å². The van der Waals surface area contributed by atoms with E-state index in [2.05, 4.69) is 0 Å². The molecule has 0 heterocycles. The van der Waals surface area contributed by atoms with Gasteiger partial charge in [0.05, 0.1) is 7.11 Å². The maximum absolute atomic E-state index is 5.83. The molecule has 0 N–H and O–H groups in total. The van der Waals surface area contributed by atoms with E-state index in [4.69, 9.17) is 21.1 Å². The lowest BCUT2D eigenvalue weighted by atomic mass is 10.1. The molecule has 2 nitrogen and oxygen atoms in total. The van der Waals surface area contributed by atoms with E-state index in [0.717, 1.165) is 28.4 Å². The predicted molar refractivity (Wildman–Crippen MR) is 73.8 cm³/mol. The number of halogens is 1. The van der Waals surface area contributed by atoms with Gasteiger partial charge in [-0.15, -0.1) is 11.6 Å². The van der Waals surface area contributed by atoms with E-state index >= 15 is 0 Å². The fraction of sp³-hybridized carbons (Fsp3) is 0.200. The summed E-state index contributed by atoms with van der Waals surface area (Å²) in [6.07, 6.45) is 0. The summed E-state index contributed by atoms with van der Waals surface area (Å²) >= 11 is 5.83. The molecule has 18 heavy (non-hydrogen) atoms. The second-order valence-corrected chi connectivity index (χ2v) is 4.27. The van der Waals surface area contributed by atoms with Gasteiger partial charge in [-0.3, -0.25) is 0 Å². The van der Waals surface area contributed by atoms with E-state index in [1.807, 2.05) is 49.4 Å². The first-order valence-corrected chi connectivity index (χ1v) is 6.24. The molecule has 0 atom stereocenters. The summed E-state index contributed by atoms with van der Waals surface area (Å²) in [5.41, 5.74) is 2.25. The third-order valence-corrected chi connectivity index (χ3v) is 3.02. The van der Waals surface area contributed by atoms with Crippen molar-refractivity contribution in [1.29, 1.82) is 0 Å². The van der Waals surface area contributed by atoms with Crippen LogP contribution in [0.25, 0.3) is 0 Å². The van der Waals surface area contributed by atoms with Crippen LogP contribution < -0.4 is 9.47 Å². The number of alkyl halides is 1. The number of methoxy groups -OCH3 is 1. The average Bonchev–Trinajstić information content (AvgIpc) is 2.39. The summed E-state index contributed by atoms with van der Waals surface area (Å²) < 4.78 is 10.9. The van der Waals surface area contributed by atoms with Gasteiger partial charge >= 0.3 is 0 Å². The van der Waals surface area contributed by atoms with Gasteiger partial charge in [-0.1, -0.05) is 12.1 Å². The Balaban J connectivity index is 2.20. The van der Waals surface area contributed by atoms with Crippen molar-refractivity contribution in [2.45, 2.75) is 12.8 Å². The molecule has 0 saturated heterocycles. The Morgan fingerprint density at radius 2 is 1.72 bits per heavy atom.